The number of ether oxygens (including phenoxy) is 1. The van der Waals surface area contributed by atoms with Crippen LogP contribution in [0.15, 0.2) is 77.9 Å². The number of aromatic nitrogens is 2. The molecule has 0 radical (unpaired) electrons. The van der Waals surface area contributed by atoms with Crippen molar-refractivity contribution in [3.63, 3.8) is 0 Å². The topological polar surface area (TPSA) is 56.1 Å². The van der Waals surface area contributed by atoms with E-state index in [4.69, 9.17) is 16.3 Å². The molecule has 0 spiro atoms. The maximum Gasteiger partial charge on any atom is 0.223 e. The van der Waals surface area contributed by atoms with Crippen LogP contribution in [0.5, 0.6) is 5.75 Å². The molecule has 0 amide bonds. The SMILES string of the molecule is CCc1c(OCc2ccccc2)c(=O)ccn1CCCCCCNc1ccnc2cc(Cl)ccc12.Cl.Cl.Cl. The molecule has 0 saturated heterocycles. The van der Waals surface area contributed by atoms with E-state index in [1.54, 1.807) is 6.07 Å². The second kappa shape index (κ2) is 17.2. The van der Waals surface area contributed by atoms with Crippen LogP contribution in [0.3, 0.4) is 0 Å². The second-order valence-corrected chi connectivity index (χ2v) is 9.07. The van der Waals surface area contributed by atoms with Gasteiger partial charge in [-0.1, -0.05) is 61.7 Å². The van der Waals surface area contributed by atoms with E-state index in [2.05, 4.69) is 21.8 Å². The second-order valence-electron chi connectivity index (χ2n) is 8.64. The summed E-state index contributed by atoms with van der Waals surface area (Å²) in [5, 5.41) is 5.33. The van der Waals surface area contributed by atoms with Gasteiger partial charge in [-0.25, -0.2) is 0 Å². The highest BCUT2D eigenvalue weighted by molar-refractivity contribution is 6.31. The smallest absolute Gasteiger partial charge is 0.223 e. The number of nitrogens with one attached hydrogen (secondary N) is 1. The van der Waals surface area contributed by atoms with Gasteiger partial charge in [-0.05, 0) is 49.1 Å². The third kappa shape index (κ3) is 9.09. The van der Waals surface area contributed by atoms with E-state index in [9.17, 15) is 4.79 Å². The highest BCUT2D eigenvalue weighted by Gasteiger charge is 2.11. The number of benzene rings is 2. The molecule has 0 saturated carbocycles. The number of hydrogen-bond acceptors (Lipinski definition) is 4. The highest BCUT2D eigenvalue weighted by Crippen LogP contribution is 2.24. The maximum atomic E-state index is 12.5. The third-order valence-corrected chi connectivity index (χ3v) is 6.38. The van der Waals surface area contributed by atoms with Crippen LogP contribution in [0.25, 0.3) is 10.9 Å². The van der Waals surface area contributed by atoms with Gasteiger partial charge < -0.3 is 14.6 Å². The molecule has 0 bridgehead atoms. The molecule has 1 N–H and O–H groups in total. The average Bonchev–Trinajstić information content (AvgIpc) is 2.88. The van der Waals surface area contributed by atoms with Crippen molar-refractivity contribution in [1.29, 1.82) is 0 Å². The first-order valence-electron chi connectivity index (χ1n) is 12.3. The van der Waals surface area contributed by atoms with Gasteiger partial charge in [-0.3, -0.25) is 9.78 Å². The lowest BCUT2D eigenvalue weighted by atomic mass is 10.1. The fourth-order valence-electron chi connectivity index (χ4n) is 4.31. The predicted molar refractivity (Wildman–Crippen MR) is 166 cm³/mol. The Hall–Kier alpha value is -2.44. The number of anilines is 1. The van der Waals surface area contributed by atoms with Crippen LogP contribution in [0, 0.1) is 0 Å². The lowest BCUT2D eigenvalue weighted by Gasteiger charge is -2.17. The first kappa shape index (κ1) is 33.6. The molecule has 4 rings (SSSR count). The Labute approximate surface area is 248 Å². The summed E-state index contributed by atoms with van der Waals surface area (Å²) in [6, 6.07) is 19.4. The van der Waals surface area contributed by atoms with E-state index in [0.29, 0.717) is 17.4 Å². The standard InChI is InChI=1S/C29H32ClN3O2.3ClH/c1-2-27-29(35-21-22-10-6-5-7-11-22)28(34)15-19-33(27)18-9-4-3-8-16-31-25-14-17-32-26-20-23(30)12-13-24(25)26;;;/h5-7,10-15,17,19-20H,2-4,8-9,16,18,21H2,1H3,(H,31,32);3*1H. The number of pyridine rings is 2. The summed E-state index contributed by atoms with van der Waals surface area (Å²) in [6.07, 6.45) is 8.89. The van der Waals surface area contributed by atoms with Gasteiger partial charge in [0, 0.05) is 47.6 Å². The number of aryl methyl sites for hydroxylation is 1. The lowest BCUT2D eigenvalue weighted by Crippen LogP contribution is -2.16. The van der Waals surface area contributed by atoms with E-state index in [-0.39, 0.29) is 42.6 Å². The maximum absolute atomic E-state index is 12.5. The Balaban J connectivity index is 0.00000241. The molecule has 4 aromatic rings. The first-order valence-corrected chi connectivity index (χ1v) is 12.7. The molecule has 38 heavy (non-hydrogen) atoms. The van der Waals surface area contributed by atoms with E-state index >= 15 is 0 Å². The van der Waals surface area contributed by atoms with Crippen molar-refractivity contribution in [2.75, 3.05) is 11.9 Å². The van der Waals surface area contributed by atoms with Crippen molar-refractivity contribution in [1.82, 2.24) is 9.55 Å². The summed E-state index contributed by atoms with van der Waals surface area (Å²) in [5.74, 6) is 0.480. The molecular weight excluding hydrogens is 564 g/mol. The summed E-state index contributed by atoms with van der Waals surface area (Å²) in [4.78, 5) is 16.9. The minimum Gasteiger partial charge on any atom is -0.483 e. The van der Waals surface area contributed by atoms with Crippen molar-refractivity contribution >= 4 is 65.4 Å². The normalized spacial score (nSPS) is 10.2. The number of rotatable bonds is 12. The minimum atomic E-state index is -0.0500. The Morgan fingerprint density at radius 1 is 0.947 bits per heavy atom. The molecule has 2 aromatic heterocycles. The summed E-state index contributed by atoms with van der Waals surface area (Å²) in [7, 11) is 0. The summed E-state index contributed by atoms with van der Waals surface area (Å²) >= 11 is 6.08. The zero-order valence-corrected chi connectivity index (χ0v) is 24.6. The van der Waals surface area contributed by atoms with Crippen LogP contribution >= 0.6 is 48.8 Å². The molecule has 0 unspecified atom stereocenters. The van der Waals surface area contributed by atoms with Gasteiger partial charge in [0.05, 0.1) is 11.2 Å². The van der Waals surface area contributed by atoms with Crippen LogP contribution in [0.2, 0.25) is 5.02 Å². The van der Waals surface area contributed by atoms with Crippen LogP contribution in [0.1, 0.15) is 43.9 Å². The molecule has 0 aliphatic carbocycles. The van der Waals surface area contributed by atoms with Gasteiger partial charge in [0.15, 0.2) is 5.75 Å². The molecule has 0 atom stereocenters. The van der Waals surface area contributed by atoms with Crippen molar-refractivity contribution in [2.24, 2.45) is 0 Å². The molecule has 5 nitrogen and oxygen atoms in total. The lowest BCUT2D eigenvalue weighted by molar-refractivity contribution is 0.295. The van der Waals surface area contributed by atoms with Gasteiger partial charge in [0.1, 0.15) is 6.61 Å². The molecule has 9 heteroatoms. The van der Waals surface area contributed by atoms with E-state index in [1.807, 2.05) is 67.0 Å². The highest BCUT2D eigenvalue weighted by atomic mass is 35.5. The minimum absolute atomic E-state index is 0. The quantitative estimate of drug-likeness (QED) is 0.167. The van der Waals surface area contributed by atoms with E-state index in [0.717, 1.165) is 73.0 Å². The molecule has 2 heterocycles. The predicted octanol–water partition coefficient (Wildman–Crippen LogP) is 8.13. The fraction of sp³-hybridized carbons (Fsp3) is 0.310. The number of fused-ring (bicyclic) bond motifs is 1. The van der Waals surface area contributed by atoms with Gasteiger partial charge in [-0.15, -0.1) is 37.2 Å². The Bertz CT molecular complexity index is 1320. The first-order chi connectivity index (χ1) is 17.2. The third-order valence-electron chi connectivity index (χ3n) is 6.15. The fourth-order valence-corrected chi connectivity index (χ4v) is 4.48. The Kier molecular flexibility index (Phi) is 15.2. The van der Waals surface area contributed by atoms with Crippen molar-refractivity contribution in [3.8, 4) is 5.75 Å². The molecule has 0 aliphatic rings. The van der Waals surface area contributed by atoms with Crippen molar-refractivity contribution in [3.05, 3.63) is 99.6 Å². The molecule has 0 fully saturated rings. The monoisotopic (exact) mass is 597 g/mol. The zero-order chi connectivity index (χ0) is 24.5. The van der Waals surface area contributed by atoms with Crippen LogP contribution in [0.4, 0.5) is 5.69 Å². The molecule has 0 aliphatic heterocycles. The van der Waals surface area contributed by atoms with Crippen molar-refractivity contribution < 1.29 is 4.74 Å². The number of unbranched alkanes of at least 4 members (excludes halogenated alkanes) is 3. The van der Waals surface area contributed by atoms with E-state index < -0.39 is 0 Å². The summed E-state index contributed by atoms with van der Waals surface area (Å²) < 4.78 is 8.15. The van der Waals surface area contributed by atoms with E-state index in [1.165, 1.54) is 0 Å². The van der Waals surface area contributed by atoms with Crippen LogP contribution < -0.4 is 15.5 Å². The number of nitrogens with zero attached hydrogens (tertiary/aromatic N) is 2. The summed E-state index contributed by atoms with van der Waals surface area (Å²) in [6.45, 7) is 4.27. The Morgan fingerprint density at radius 3 is 2.47 bits per heavy atom. The number of hydrogen-bond donors (Lipinski definition) is 1. The Morgan fingerprint density at radius 2 is 1.71 bits per heavy atom. The van der Waals surface area contributed by atoms with Gasteiger partial charge in [0.2, 0.25) is 5.43 Å². The molecule has 2 aromatic carbocycles. The van der Waals surface area contributed by atoms with Crippen LogP contribution in [-0.2, 0) is 19.6 Å². The van der Waals surface area contributed by atoms with Crippen molar-refractivity contribution in [2.45, 2.75) is 52.2 Å². The number of halogens is 4. The average molecular weight is 599 g/mol. The summed E-state index contributed by atoms with van der Waals surface area (Å²) in [5.41, 5.74) is 3.98. The molecular formula is C29H35Cl4N3O2. The molecule has 206 valence electrons. The zero-order valence-electron chi connectivity index (χ0n) is 21.4. The largest absolute Gasteiger partial charge is 0.483 e. The van der Waals surface area contributed by atoms with Crippen LogP contribution in [-0.4, -0.2) is 16.1 Å². The van der Waals surface area contributed by atoms with Gasteiger partial charge in [0.25, 0.3) is 0 Å². The van der Waals surface area contributed by atoms with Gasteiger partial charge in [-0.2, -0.15) is 0 Å². The van der Waals surface area contributed by atoms with Gasteiger partial charge >= 0.3 is 0 Å².